The first kappa shape index (κ1) is 17.7. The van der Waals surface area contributed by atoms with Gasteiger partial charge >= 0.3 is 0 Å². The van der Waals surface area contributed by atoms with E-state index >= 15 is 0 Å². The smallest absolute Gasteiger partial charge is 0.177 e. The first-order chi connectivity index (χ1) is 12.9. The number of aromatic nitrogens is 2. The van der Waals surface area contributed by atoms with Crippen LogP contribution in [0.5, 0.6) is 0 Å². The molecule has 0 fully saturated rings. The average molecular weight is 388 g/mol. The maximum absolute atomic E-state index is 15.0. The Balaban J connectivity index is 1.85. The van der Waals surface area contributed by atoms with Gasteiger partial charge in [-0.2, -0.15) is 4.39 Å². The Morgan fingerprint density at radius 1 is 1.07 bits per heavy atom. The summed E-state index contributed by atoms with van der Waals surface area (Å²) in [4.78, 5) is 7.08. The van der Waals surface area contributed by atoms with Crippen LogP contribution < -0.4 is 11.5 Å². The summed E-state index contributed by atoms with van der Waals surface area (Å²) in [6, 6.07) is 9.08. The predicted molar refractivity (Wildman–Crippen MR) is 99.7 cm³/mol. The van der Waals surface area contributed by atoms with Gasteiger partial charge in [0.05, 0.1) is 22.9 Å². The standard InChI is InChI=1S/C19H15F3N4S/c20-16-5-10(7-27-16)12-2-3-13(18(22)17(12)21)19(24,8-23)11-1-4-14-15(6-11)26-9-25-14/h1-7,9H,8,23-24H2,(H,25,26). The van der Waals surface area contributed by atoms with Gasteiger partial charge in [-0.05, 0) is 29.3 Å². The molecule has 0 radical (unpaired) electrons. The lowest BCUT2D eigenvalue weighted by atomic mass is 9.82. The third-order valence-corrected chi connectivity index (χ3v) is 5.41. The molecule has 8 heteroatoms. The Morgan fingerprint density at radius 3 is 2.59 bits per heavy atom. The lowest BCUT2D eigenvalue weighted by Gasteiger charge is -2.30. The van der Waals surface area contributed by atoms with E-state index in [0.717, 1.165) is 22.9 Å². The van der Waals surface area contributed by atoms with Gasteiger partial charge in [0.15, 0.2) is 16.8 Å². The van der Waals surface area contributed by atoms with E-state index in [0.29, 0.717) is 11.1 Å². The molecule has 0 aliphatic carbocycles. The number of nitrogens with zero attached hydrogens (tertiary/aromatic N) is 1. The van der Waals surface area contributed by atoms with Crippen molar-refractivity contribution in [2.24, 2.45) is 11.5 Å². The van der Waals surface area contributed by atoms with Crippen LogP contribution in [0.15, 0.2) is 48.1 Å². The number of nitrogens with two attached hydrogens (primary N) is 2. The molecule has 2 aromatic carbocycles. The minimum atomic E-state index is -1.44. The summed E-state index contributed by atoms with van der Waals surface area (Å²) in [6.07, 6.45) is 1.53. The van der Waals surface area contributed by atoms with Crippen LogP contribution in [0.25, 0.3) is 22.2 Å². The normalized spacial score (nSPS) is 13.8. The van der Waals surface area contributed by atoms with Crippen molar-refractivity contribution < 1.29 is 13.2 Å². The second-order valence-corrected chi connectivity index (χ2v) is 7.10. The van der Waals surface area contributed by atoms with Crippen molar-refractivity contribution in [2.45, 2.75) is 5.54 Å². The van der Waals surface area contributed by atoms with Gasteiger partial charge in [-0.15, -0.1) is 11.3 Å². The SMILES string of the molecule is NCC(N)(c1ccc2nc[nH]c2c1)c1ccc(-c2csc(F)c2)c(F)c1F. The van der Waals surface area contributed by atoms with Crippen LogP contribution in [0.3, 0.4) is 0 Å². The summed E-state index contributed by atoms with van der Waals surface area (Å²) in [5.74, 6) is -2.19. The van der Waals surface area contributed by atoms with Crippen LogP contribution in [0, 0.1) is 16.8 Å². The Bertz CT molecular complexity index is 1140. The monoisotopic (exact) mass is 388 g/mol. The van der Waals surface area contributed by atoms with Crippen molar-refractivity contribution in [1.29, 1.82) is 0 Å². The lowest BCUT2D eigenvalue weighted by molar-refractivity contribution is 0.458. The molecule has 2 heterocycles. The number of fused-ring (bicyclic) bond motifs is 1. The minimum absolute atomic E-state index is 0.0280. The number of rotatable bonds is 4. The third kappa shape index (κ3) is 2.82. The van der Waals surface area contributed by atoms with E-state index < -0.39 is 22.3 Å². The van der Waals surface area contributed by atoms with Crippen molar-refractivity contribution in [3.05, 3.63) is 76.0 Å². The fourth-order valence-electron chi connectivity index (χ4n) is 3.16. The van der Waals surface area contributed by atoms with Gasteiger partial charge < -0.3 is 16.5 Å². The number of hydrogen-bond donors (Lipinski definition) is 3. The van der Waals surface area contributed by atoms with Gasteiger partial charge in [-0.3, -0.25) is 0 Å². The van der Waals surface area contributed by atoms with E-state index in [4.69, 9.17) is 11.5 Å². The number of benzene rings is 2. The molecule has 1 unspecified atom stereocenters. The molecule has 27 heavy (non-hydrogen) atoms. The molecule has 0 aliphatic heterocycles. The highest BCUT2D eigenvalue weighted by atomic mass is 32.1. The molecular formula is C19H15F3N4S. The maximum atomic E-state index is 15.0. The topological polar surface area (TPSA) is 80.7 Å². The Hall–Kier alpha value is -2.68. The van der Waals surface area contributed by atoms with Gasteiger partial charge in [0.2, 0.25) is 0 Å². The molecule has 0 saturated heterocycles. The van der Waals surface area contributed by atoms with Gasteiger partial charge in [0.25, 0.3) is 0 Å². The van der Waals surface area contributed by atoms with Crippen molar-refractivity contribution in [3.63, 3.8) is 0 Å². The third-order valence-electron chi connectivity index (χ3n) is 4.70. The van der Waals surface area contributed by atoms with E-state index in [1.807, 2.05) is 0 Å². The molecule has 4 rings (SSSR count). The van der Waals surface area contributed by atoms with Crippen LogP contribution in [0.4, 0.5) is 13.2 Å². The molecular weight excluding hydrogens is 373 g/mol. The number of nitrogens with one attached hydrogen (secondary N) is 1. The number of halogens is 3. The number of H-pyrrole nitrogens is 1. The average Bonchev–Trinajstić information content (AvgIpc) is 3.31. The fraction of sp³-hybridized carbons (Fsp3) is 0.105. The van der Waals surface area contributed by atoms with Crippen LogP contribution in [0.1, 0.15) is 11.1 Å². The second kappa shape index (κ2) is 6.49. The summed E-state index contributed by atoms with van der Waals surface area (Å²) >= 11 is 0.817. The highest BCUT2D eigenvalue weighted by Crippen LogP contribution is 2.35. The summed E-state index contributed by atoms with van der Waals surface area (Å²) < 4.78 is 42.9. The minimum Gasteiger partial charge on any atom is -0.345 e. The molecule has 0 aliphatic rings. The predicted octanol–water partition coefficient (Wildman–Crippen LogP) is 3.87. The van der Waals surface area contributed by atoms with Crippen LogP contribution in [-0.4, -0.2) is 16.5 Å². The molecule has 5 N–H and O–H groups in total. The van der Waals surface area contributed by atoms with Crippen molar-refractivity contribution >= 4 is 22.4 Å². The zero-order valence-electron chi connectivity index (χ0n) is 14.0. The largest absolute Gasteiger partial charge is 0.345 e. The molecule has 4 aromatic rings. The maximum Gasteiger partial charge on any atom is 0.177 e. The molecule has 138 valence electrons. The molecule has 4 nitrogen and oxygen atoms in total. The van der Waals surface area contributed by atoms with Gasteiger partial charge in [0, 0.05) is 23.1 Å². The van der Waals surface area contributed by atoms with Crippen LogP contribution in [0.2, 0.25) is 0 Å². The Labute approximate surface area is 156 Å². The highest BCUT2D eigenvalue weighted by Gasteiger charge is 2.33. The summed E-state index contributed by atoms with van der Waals surface area (Å²) in [6.45, 7) is -0.143. The molecule has 0 saturated carbocycles. The first-order valence-corrected chi connectivity index (χ1v) is 8.97. The zero-order chi connectivity index (χ0) is 19.2. The van der Waals surface area contributed by atoms with Crippen molar-refractivity contribution in [1.82, 2.24) is 9.97 Å². The van der Waals surface area contributed by atoms with E-state index in [2.05, 4.69) is 9.97 Å². The summed E-state index contributed by atoms with van der Waals surface area (Å²) in [5, 5.41) is 0.953. The van der Waals surface area contributed by atoms with E-state index in [9.17, 15) is 13.2 Å². The molecule has 0 bridgehead atoms. The molecule has 2 aromatic heterocycles. The number of imidazole rings is 1. The zero-order valence-corrected chi connectivity index (χ0v) is 14.8. The quantitative estimate of drug-likeness (QED) is 0.496. The van der Waals surface area contributed by atoms with E-state index in [1.165, 1.54) is 23.8 Å². The van der Waals surface area contributed by atoms with Crippen LogP contribution >= 0.6 is 11.3 Å². The van der Waals surface area contributed by atoms with Gasteiger partial charge in [0.1, 0.15) is 0 Å². The summed E-state index contributed by atoms with van der Waals surface area (Å²) in [5.41, 5.74) is 13.0. The molecule has 0 spiro atoms. The Kier molecular flexibility index (Phi) is 4.26. The van der Waals surface area contributed by atoms with Crippen molar-refractivity contribution in [2.75, 3.05) is 6.54 Å². The van der Waals surface area contributed by atoms with E-state index in [1.54, 1.807) is 18.2 Å². The Morgan fingerprint density at radius 2 is 1.89 bits per heavy atom. The number of thiophene rings is 1. The highest BCUT2D eigenvalue weighted by molar-refractivity contribution is 7.08. The van der Waals surface area contributed by atoms with Crippen molar-refractivity contribution in [3.8, 4) is 11.1 Å². The molecule has 1 atom stereocenters. The molecule has 0 amide bonds. The van der Waals surface area contributed by atoms with Gasteiger partial charge in [-0.25, -0.2) is 13.8 Å². The number of hydrogen-bond acceptors (Lipinski definition) is 4. The fourth-order valence-corrected chi connectivity index (χ4v) is 3.79. The van der Waals surface area contributed by atoms with Crippen LogP contribution in [-0.2, 0) is 5.54 Å². The number of aromatic amines is 1. The van der Waals surface area contributed by atoms with E-state index in [-0.39, 0.29) is 23.2 Å². The second-order valence-electron chi connectivity index (χ2n) is 6.24. The summed E-state index contributed by atoms with van der Waals surface area (Å²) in [7, 11) is 0. The lowest BCUT2D eigenvalue weighted by Crippen LogP contribution is -2.46. The first-order valence-electron chi connectivity index (χ1n) is 8.09. The van der Waals surface area contributed by atoms with Gasteiger partial charge in [-0.1, -0.05) is 18.2 Å².